The van der Waals surface area contributed by atoms with Gasteiger partial charge in [-0.15, -0.1) is 5.92 Å². The van der Waals surface area contributed by atoms with Gasteiger partial charge in [-0.1, -0.05) is 92.0 Å². The highest BCUT2D eigenvalue weighted by atomic mass is 32.2. The molecule has 0 bridgehead atoms. The van der Waals surface area contributed by atoms with Gasteiger partial charge in [-0.25, -0.2) is 0 Å². The molecule has 0 aliphatic carbocycles. The maximum atomic E-state index is 3.47. The molecule has 0 saturated carbocycles. The Morgan fingerprint density at radius 3 is 1.87 bits per heavy atom. The number of rotatable bonds is 8. The van der Waals surface area contributed by atoms with E-state index in [1.54, 1.807) is 0 Å². The van der Waals surface area contributed by atoms with E-state index in [0.717, 1.165) is 6.42 Å². The van der Waals surface area contributed by atoms with Gasteiger partial charge >= 0.3 is 0 Å². The van der Waals surface area contributed by atoms with Crippen LogP contribution in [0.3, 0.4) is 0 Å². The Morgan fingerprint density at radius 2 is 1.35 bits per heavy atom. The summed E-state index contributed by atoms with van der Waals surface area (Å²) in [5, 5.41) is 0. The lowest BCUT2D eigenvalue weighted by Crippen LogP contribution is -1.92. The van der Waals surface area contributed by atoms with Gasteiger partial charge in [0.25, 0.3) is 0 Å². The van der Waals surface area contributed by atoms with Gasteiger partial charge in [-0.05, 0) is 30.7 Å². The fourth-order valence-corrected chi connectivity index (χ4v) is 4.39. The van der Waals surface area contributed by atoms with Crippen LogP contribution < -0.4 is 0 Å². The molecule has 2 aromatic rings. The normalized spacial score (nSPS) is 10.3. The smallest absolute Gasteiger partial charge is 0.101 e. The third-order valence-corrected chi connectivity index (χ3v) is 5.68. The van der Waals surface area contributed by atoms with Crippen LogP contribution in [0.5, 0.6) is 0 Å². The molecule has 0 atom stereocenters. The standard InChI is InChI=1S/C21H24S2/c1-2-3-4-5-6-13-18-21(22-19-14-9-7-10-15-19)23-20-16-11-8-12-17-20/h7-12,14-17,21H,2-6H2,1H3. The average Bonchev–Trinajstić information content (AvgIpc) is 2.60. The molecule has 0 saturated heterocycles. The molecule has 0 aliphatic rings. The molecule has 120 valence electrons. The Bertz CT molecular complexity index is 554. The largest absolute Gasteiger partial charge is 0.120 e. The molecule has 0 heterocycles. The van der Waals surface area contributed by atoms with Crippen LogP contribution in [-0.4, -0.2) is 4.58 Å². The van der Waals surface area contributed by atoms with Crippen LogP contribution in [0, 0.1) is 11.8 Å². The van der Waals surface area contributed by atoms with Crippen LogP contribution in [0.25, 0.3) is 0 Å². The molecule has 2 rings (SSSR count). The van der Waals surface area contributed by atoms with Crippen molar-refractivity contribution in [3.05, 3.63) is 60.7 Å². The summed E-state index contributed by atoms with van der Waals surface area (Å²) in [5.74, 6) is 6.86. The zero-order chi connectivity index (χ0) is 16.2. The van der Waals surface area contributed by atoms with Crippen molar-refractivity contribution in [2.45, 2.75) is 53.4 Å². The molecule has 2 aromatic carbocycles. The minimum Gasteiger partial charge on any atom is -0.101 e. The third-order valence-electron chi connectivity index (χ3n) is 3.35. The highest BCUT2D eigenvalue weighted by molar-refractivity contribution is 8.17. The second kappa shape index (κ2) is 11.3. The van der Waals surface area contributed by atoms with E-state index < -0.39 is 0 Å². The van der Waals surface area contributed by atoms with Gasteiger partial charge in [-0.2, -0.15) is 0 Å². The van der Waals surface area contributed by atoms with Gasteiger partial charge in [0, 0.05) is 16.2 Å². The number of hydrogen-bond acceptors (Lipinski definition) is 2. The summed E-state index contributed by atoms with van der Waals surface area (Å²) in [6.07, 6.45) is 6.14. The molecule has 0 amide bonds. The van der Waals surface area contributed by atoms with E-state index in [0.29, 0.717) is 0 Å². The first-order valence-corrected chi connectivity index (χ1v) is 10.1. The molecule has 23 heavy (non-hydrogen) atoms. The minimum absolute atomic E-state index is 0.242. The van der Waals surface area contributed by atoms with Crippen LogP contribution in [0.15, 0.2) is 70.5 Å². The zero-order valence-electron chi connectivity index (χ0n) is 13.7. The lowest BCUT2D eigenvalue weighted by Gasteiger charge is -2.10. The lowest BCUT2D eigenvalue weighted by molar-refractivity contribution is 0.679. The van der Waals surface area contributed by atoms with Crippen LogP contribution in [-0.2, 0) is 0 Å². The van der Waals surface area contributed by atoms with Gasteiger partial charge in [0.15, 0.2) is 0 Å². The first-order valence-electron chi connectivity index (χ1n) is 8.30. The van der Waals surface area contributed by atoms with Gasteiger partial charge in [0.2, 0.25) is 0 Å². The van der Waals surface area contributed by atoms with Crippen LogP contribution in [0.4, 0.5) is 0 Å². The summed E-state index contributed by atoms with van der Waals surface area (Å²) in [5.41, 5.74) is 0. The summed E-state index contributed by atoms with van der Waals surface area (Å²) in [4.78, 5) is 2.56. The van der Waals surface area contributed by atoms with Crippen LogP contribution >= 0.6 is 23.5 Å². The Labute approximate surface area is 149 Å². The molecule has 0 aromatic heterocycles. The maximum absolute atomic E-state index is 3.47. The fraction of sp³-hybridized carbons (Fsp3) is 0.333. The van der Waals surface area contributed by atoms with E-state index in [-0.39, 0.29) is 4.58 Å². The number of hydrogen-bond donors (Lipinski definition) is 0. The predicted octanol–water partition coefficient (Wildman–Crippen LogP) is 6.87. The molecule has 2 heteroatoms. The van der Waals surface area contributed by atoms with Crippen molar-refractivity contribution in [3.8, 4) is 11.8 Å². The minimum atomic E-state index is 0.242. The van der Waals surface area contributed by atoms with E-state index in [4.69, 9.17) is 0 Å². The van der Waals surface area contributed by atoms with E-state index in [1.807, 2.05) is 23.5 Å². The average molecular weight is 341 g/mol. The highest BCUT2D eigenvalue weighted by Gasteiger charge is 2.09. The molecule has 0 spiro atoms. The summed E-state index contributed by atoms with van der Waals surface area (Å²) >= 11 is 3.68. The Kier molecular flexibility index (Phi) is 8.84. The zero-order valence-corrected chi connectivity index (χ0v) is 15.3. The van der Waals surface area contributed by atoms with Gasteiger partial charge < -0.3 is 0 Å². The van der Waals surface area contributed by atoms with Crippen molar-refractivity contribution in [1.29, 1.82) is 0 Å². The van der Waals surface area contributed by atoms with Crippen molar-refractivity contribution in [2.75, 3.05) is 0 Å². The fourth-order valence-electron chi connectivity index (χ4n) is 2.12. The quantitative estimate of drug-likeness (QED) is 0.222. The molecule has 0 aliphatic heterocycles. The SMILES string of the molecule is CCCCCCC#CC(Sc1ccccc1)Sc1ccccc1. The molecule has 0 nitrogen and oxygen atoms in total. The van der Waals surface area contributed by atoms with Crippen molar-refractivity contribution in [3.63, 3.8) is 0 Å². The Morgan fingerprint density at radius 1 is 0.783 bits per heavy atom. The predicted molar refractivity (Wildman–Crippen MR) is 105 cm³/mol. The summed E-state index contributed by atoms with van der Waals surface area (Å²) < 4.78 is 0.242. The highest BCUT2D eigenvalue weighted by Crippen LogP contribution is 2.34. The molecular formula is C21H24S2. The van der Waals surface area contributed by atoms with Crippen LogP contribution in [0.1, 0.15) is 39.0 Å². The van der Waals surface area contributed by atoms with E-state index >= 15 is 0 Å². The van der Waals surface area contributed by atoms with Crippen molar-refractivity contribution < 1.29 is 0 Å². The Balaban J connectivity index is 1.95. The summed E-state index contributed by atoms with van der Waals surface area (Å²) in [6.45, 7) is 2.24. The van der Waals surface area contributed by atoms with Crippen LogP contribution in [0.2, 0.25) is 0 Å². The molecule has 0 fully saturated rings. The second-order valence-corrected chi connectivity index (χ2v) is 7.98. The topological polar surface area (TPSA) is 0 Å². The molecule has 0 N–H and O–H groups in total. The van der Waals surface area contributed by atoms with Crippen molar-refractivity contribution in [1.82, 2.24) is 0 Å². The second-order valence-electron chi connectivity index (χ2n) is 5.33. The first kappa shape index (κ1) is 18.0. The summed E-state index contributed by atoms with van der Waals surface area (Å²) in [6, 6.07) is 21.1. The van der Waals surface area contributed by atoms with E-state index in [2.05, 4.69) is 79.4 Å². The van der Waals surface area contributed by atoms with Crippen molar-refractivity contribution >= 4 is 23.5 Å². The number of thioether (sulfide) groups is 2. The van der Waals surface area contributed by atoms with E-state index in [9.17, 15) is 0 Å². The third kappa shape index (κ3) is 7.68. The Hall–Kier alpha value is -1.30. The molecular weight excluding hydrogens is 316 g/mol. The number of benzene rings is 2. The van der Waals surface area contributed by atoms with E-state index in [1.165, 1.54) is 35.5 Å². The van der Waals surface area contributed by atoms with Gasteiger partial charge in [0.1, 0.15) is 4.58 Å². The lowest BCUT2D eigenvalue weighted by atomic mass is 10.2. The van der Waals surface area contributed by atoms with Gasteiger partial charge in [-0.3, -0.25) is 0 Å². The first-order chi connectivity index (χ1) is 11.4. The molecule has 0 unspecified atom stereocenters. The van der Waals surface area contributed by atoms with Gasteiger partial charge in [0.05, 0.1) is 0 Å². The molecule has 0 radical (unpaired) electrons. The summed E-state index contributed by atoms with van der Waals surface area (Å²) in [7, 11) is 0. The number of unbranched alkanes of at least 4 members (excludes halogenated alkanes) is 4. The van der Waals surface area contributed by atoms with Crippen molar-refractivity contribution in [2.24, 2.45) is 0 Å². The maximum Gasteiger partial charge on any atom is 0.120 e. The monoisotopic (exact) mass is 340 g/mol.